The number of aromatic nitrogens is 1. The third-order valence-corrected chi connectivity index (χ3v) is 4.71. The highest BCUT2D eigenvalue weighted by atomic mass is 32.2. The number of carbonyl (C=O) groups excluding carboxylic acids is 1. The summed E-state index contributed by atoms with van der Waals surface area (Å²) >= 11 is 1.36. The van der Waals surface area contributed by atoms with E-state index in [2.05, 4.69) is 4.98 Å². The van der Waals surface area contributed by atoms with E-state index < -0.39 is 34.0 Å². The number of hydrogen-bond donors (Lipinski definition) is 1. The van der Waals surface area contributed by atoms with Gasteiger partial charge < -0.3 is 0 Å². The number of rotatable bonds is 5. The lowest BCUT2D eigenvalue weighted by atomic mass is 10.2. The molecule has 0 bridgehead atoms. The molecular weight excluding hydrogens is 322 g/mol. The fraction of sp³-hybridized carbons (Fsp3) is 0.333. The first kappa shape index (κ1) is 15.8. The van der Waals surface area contributed by atoms with Crippen molar-refractivity contribution in [1.82, 2.24) is 9.71 Å². The van der Waals surface area contributed by atoms with Crippen molar-refractivity contribution in [3.8, 4) is 0 Å². The van der Waals surface area contributed by atoms with Gasteiger partial charge in [0.1, 0.15) is 0 Å². The number of alkyl halides is 2. The maximum Gasteiger partial charge on any atom is 0.266 e. The monoisotopic (exact) mass is 334 g/mol. The van der Waals surface area contributed by atoms with E-state index in [4.69, 9.17) is 0 Å². The largest absolute Gasteiger partial charge is 0.268 e. The topological polar surface area (TPSA) is 76.1 Å². The third-order valence-electron chi connectivity index (χ3n) is 2.62. The Labute approximate surface area is 124 Å². The Morgan fingerprint density at radius 2 is 2.19 bits per heavy atom. The molecule has 114 valence electrons. The van der Waals surface area contributed by atoms with Crippen molar-refractivity contribution in [3.05, 3.63) is 29.3 Å². The number of hydrogen-bond acceptors (Lipinski definition) is 5. The lowest BCUT2D eigenvalue weighted by molar-refractivity contribution is 0.0188. The second-order valence-electron chi connectivity index (χ2n) is 4.60. The molecule has 2 aromatic rings. The zero-order chi connectivity index (χ0) is 15.7. The van der Waals surface area contributed by atoms with E-state index in [1.807, 2.05) is 0 Å². The molecule has 1 amide bonds. The van der Waals surface area contributed by atoms with Crippen LogP contribution in [-0.2, 0) is 10.0 Å². The van der Waals surface area contributed by atoms with Crippen LogP contribution in [0.15, 0.2) is 23.7 Å². The highest BCUT2D eigenvalue weighted by molar-refractivity contribution is 7.90. The van der Waals surface area contributed by atoms with E-state index in [9.17, 15) is 22.0 Å². The lowest BCUT2D eigenvalue weighted by Crippen LogP contribution is -2.34. The van der Waals surface area contributed by atoms with Crippen LogP contribution in [-0.4, -0.2) is 31.0 Å². The molecule has 2 aromatic heterocycles. The van der Waals surface area contributed by atoms with Gasteiger partial charge in [0.05, 0.1) is 21.5 Å². The summed E-state index contributed by atoms with van der Waals surface area (Å²) in [6.07, 6.45) is 0.395. The van der Waals surface area contributed by atoms with Crippen molar-refractivity contribution < 1.29 is 22.0 Å². The molecule has 0 fully saturated rings. The van der Waals surface area contributed by atoms with Gasteiger partial charge in [0.2, 0.25) is 15.9 Å². The summed E-state index contributed by atoms with van der Waals surface area (Å²) < 4.78 is 51.0. The van der Waals surface area contributed by atoms with Gasteiger partial charge in [-0.3, -0.25) is 9.78 Å². The van der Waals surface area contributed by atoms with E-state index in [0.717, 1.165) is 4.70 Å². The maximum atomic E-state index is 12.7. The minimum Gasteiger partial charge on any atom is -0.268 e. The average Bonchev–Trinajstić information content (AvgIpc) is 2.82. The maximum absolute atomic E-state index is 12.7. The highest BCUT2D eigenvalue weighted by Crippen LogP contribution is 2.20. The fourth-order valence-electron chi connectivity index (χ4n) is 1.54. The first-order valence-electron chi connectivity index (χ1n) is 5.92. The average molecular weight is 334 g/mol. The Kier molecular flexibility index (Phi) is 4.24. The lowest BCUT2D eigenvalue weighted by Gasteiger charge is -2.11. The quantitative estimate of drug-likeness (QED) is 0.911. The van der Waals surface area contributed by atoms with E-state index in [1.165, 1.54) is 23.6 Å². The molecule has 0 aliphatic carbocycles. The van der Waals surface area contributed by atoms with Gasteiger partial charge in [-0.2, -0.15) is 0 Å². The first-order valence-corrected chi connectivity index (χ1v) is 8.45. The van der Waals surface area contributed by atoms with E-state index >= 15 is 0 Å². The molecular formula is C12H12F2N2O3S2. The van der Waals surface area contributed by atoms with Crippen LogP contribution in [0.3, 0.4) is 0 Å². The molecule has 0 aliphatic rings. The Morgan fingerprint density at radius 3 is 2.86 bits per heavy atom. The zero-order valence-electron chi connectivity index (χ0n) is 11.0. The van der Waals surface area contributed by atoms with E-state index in [-0.39, 0.29) is 5.56 Å². The van der Waals surface area contributed by atoms with Crippen LogP contribution in [0.25, 0.3) is 10.2 Å². The molecule has 0 atom stereocenters. The van der Waals surface area contributed by atoms with Crippen LogP contribution >= 0.6 is 11.3 Å². The minimum atomic E-state index is -4.11. The van der Waals surface area contributed by atoms with Crippen molar-refractivity contribution >= 4 is 37.5 Å². The number of pyridine rings is 1. The molecule has 0 saturated heterocycles. The van der Waals surface area contributed by atoms with Crippen LogP contribution in [0.2, 0.25) is 0 Å². The number of amides is 1. The highest BCUT2D eigenvalue weighted by Gasteiger charge is 2.26. The second kappa shape index (κ2) is 5.64. The summed E-state index contributed by atoms with van der Waals surface area (Å²) in [6.45, 7) is 0.624. The molecule has 1 N–H and O–H groups in total. The van der Waals surface area contributed by atoms with E-state index in [0.29, 0.717) is 12.4 Å². The van der Waals surface area contributed by atoms with Gasteiger partial charge in [-0.15, -0.1) is 11.3 Å². The van der Waals surface area contributed by atoms with Gasteiger partial charge in [-0.1, -0.05) is 0 Å². The van der Waals surface area contributed by atoms with Crippen molar-refractivity contribution in [2.75, 3.05) is 5.75 Å². The Hall–Kier alpha value is -1.61. The third kappa shape index (κ3) is 4.43. The molecule has 0 aromatic carbocycles. The predicted molar refractivity (Wildman–Crippen MR) is 76.1 cm³/mol. The molecule has 2 rings (SSSR count). The van der Waals surface area contributed by atoms with Gasteiger partial charge in [0.15, 0.2) is 0 Å². The van der Waals surface area contributed by atoms with Crippen LogP contribution in [0.1, 0.15) is 23.7 Å². The summed E-state index contributed by atoms with van der Waals surface area (Å²) in [7, 11) is -4.11. The number of nitrogens with zero attached hydrogens (tertiary/aromatic N) is 1. The summed E-state index contributed by atoms with van der Waals surface area (Å²) in [6, 6.07) is 3.27. The number of halogens is 2. The summed E-state index contributed by atoms with van der Waals surface area (Å²) in [5.74, 6) is -4.80. The van der Waals surface area contributed by atoms with Crippen molar-refractivity contribution in [1.29, 1.82) is 0 Å². The summed E-state index contributed by atoms with van der Waals surface area (Å²) in [5, 5.41) is 1.79. The normalized spacial score (nSPS) is 12.5. The van der Waals surface area contributed by atoms with Crippen LogP contribution in [0.5, 0.6) is 0 Å². The molecule has 0 saturated carbocycles. The Morgan fingerprint density at radius 1 is 1.48 bits per heavy atom. The van der Waals surface area contributed by atoms with Gasteiger partial charge in [-0.25, -0.2) is 21.9 Å². The molecule has 0 unspecified atom stereocenters. The second-order valence-corrected chi connectivity index (χ2v) is 7.39. The number of thiophene rings is 1. The van der Waals surface area contributed by atoms with Crippen molar-refractivity contribution in [2.24, 2.45) is 0 Å². The number of nitrogens with one attached hydrogen (secondary N) is 1. The van der Waals surface area contributed by atoms with Crippen molar-refractivity contribution in [3.63, 3.8) is 0 Å². The van der Waals surface area contributed by atoms with Gasteiger partial charge >= 0.3 is 0 Å². The van der Waals surface area contributed by atoms with Gasteiger partial charge in [-0.05, 0) is 24.4 Å². The van der Waals surface area contributed by atoms with Crippen molar-refractivity contribution in [2.45, 2.75) is 19.3 Å². The molecule has 5 nitrogen and oxygen atoms in total. The Bertz CT molecular complexity index is 766. The minimum absolute atomic E-state index is 0.0665. The first-order chi connectivity index (χ1) is 9.66. The SMILES string of the molecule is CC(F)(F)CCS(=O)(=O)NC(=O)c1cnc2ccsc2c1. The standard InChI is InChI=1S/C12H12F2N2O3S2/c1-12(13,14)3-5-21(18,19)16-11(17)8-6-10-9(15-7-8)2-4-20-10/h2,4,6-7H,3,5H2,1H3,(H,16,17). The Balaban J connectivity index is 2.09. The molecule has 9 heteroatoms. The number of carbonyl (C=O) groups is 1. The van der Waals surface area contributed by atoms with Crippen LogP contribution in [0.4, 0.5) is 8.78 Å². The zero-order valence-corrected chi connectivity index (χ0v) is 12.6. The number of fused-ring (bicyclic) bond motifs is 1. The number of sulfonamides is 1. The molecule has 0 aliphatic heterocycles. The smallest absolute Gasteiger partial charge is 0.266 e. The van der Waals surface area contributed by atoms with Crippen LogP contribution in [0, 0.1) is 0 Å². The fourth-order valence-corrected chi connectivity index (χ4v) is 3.45. The van der Waals surface area contributed by atoms with E-state index in [1.54, 1.807) is 16.2 Å². The predicted octanol–water partition coefficient (Wildman–Crippen LogP) is 2.40. The van der Waals surface area contributed by atoms with Gasteiger partial charge in [0.25, 0.3) is 5.91 Å². The molecule has 0 radical (unpaired) electrons. The summed E-state index contributed by atoms with van der Waals surface area (Å²) in [4.78, 5) is 15.8. The molecule has 21 heavy (non-hydrogen) atoms. The van der Waals surface area contributed by atoms with Crippen LogP contribution < -0.4 is 4.72 Å². The molecule has 0 spiro atoms. The van der Waals surface area contributed by atoms with Gasteiger partial charge in [0, 0.05) is 12.6 Å². The molecule has 2 heterocycles. The summed E-state index contributed by atoms with van der Waals surface area (Å²) in [5.41, 5.74) is 0.766.